The van der Waals surface area contributed by atoms with E-state index in [1.54, 1.807) is 38.1 Å². The zero-order valence-corrected chi connectivity index (χ0v) is 16.0. The van der Waals surface area contributed by atoms with Gasteiger partial charge in [0.05, 0.1) is 0 Å². The first-order chi connectivity index (χ1) is 13.5. The Bertz CT molecular complexity index is 747. The van der Waals surface area contributed by atoms with Crippen molar-refractivity contribution in [1.82, 2.24) is 5.32 Å². The van der Waals surface area contributed by atoms with Gasteiger partial charge in [0.2, 0.25) is 0 Å². The lowest BCUT2D eigenvalue weighted by molar-refractivity contribution is -0.161. The number of aliphatic carboxylic acids is 1. The predicted molar refractivity (Wildman–Crippen MR) is 104 cm³/mol. The van der Waals surface area contributed by atoms with Crippen LogP contribution in [0.2, 0.25) is 0 Å². The van der Waals surface area contributed by atoms with E-state index in [-0.39, 0.29) is 19.1 Å². The highest BCUT2D eigenvalue weighted by atomic mass is 16.7. The molecule has 7 heteroatoms. The van der Waals surface area contributed by atoms with Gasteiger partial charge < -0.3 is 24.6 Å². The maximum atomic E-state index is 12.4. The van der Waals surface area contributed by atoms with Crippen LogP contribution < -0.4 is 10.1 Å². The van der Waals surface area contributed by atoms with Crippen molar-refractivity contribution in [1.29, 1.82) is 0 Å². The van der Waals surface area contributed by atoms with Gasteiger partial charge in [-0.15, -0.1) is 0 Å². The summed E-state index contributed by atoms with van der Waals surface area (Å²) in [6.07, 6.45) is -0.924. The second kappa shape index (κ2) is 11.1. The number of carboxylic acids is 1. The predicted octanol–water partition coefficient (Wildman–Crippen LogP) is 3.45. The second-order valence-electron chi connectivity index (χ2n) is 6.15. The van der Waals surface area contributed by atoms with Crippen LogP contribution >= 0.6 is 0 Å². The Balaban J connectivity index is 1.87. The minimum absolute atomic E-state index is 0.100. The van der Waals surface area contributed by atoms with E-state index < -0.39 is 18.1 Å². The average Bonchev–Trinajstić information content (AvgIpc) is 2.68. The van der Waals surface area contributed by atoms with E-state index in [1.165, 1.54) is 0 Å². The summed E-state index contributed by atoms with van der Waals surface area (Å²) in [5.74, 6) is -0.0675. The van der Waals surface area contributed by atoms with Crippen molar-refractivity contribution in [2.24, 2.45) is 0 Å². The van der Waals surface area contributed by atoms with Crippen molar-refractivity contribution in [3.8, 4) is 11.5 Å². The van der Waals surface area contributed by atoms with Crippen molar-refractivity contribution in [2.45, 2.75) is 32.4 Å². The van der Waals surface area contributed by atoms with Gasteiger partial charge in [-0.1, -0.05) is 18.2 Å². The number of hydrogen-bond donors (Lipinski definition) is 2. The van der Waals surface area contributed by atoms with Crippen LogP contribution in [0.3, 0.4) is 0 Å². The molecular weight excluding hydrogens is 362 g/mol. The Hall–Kier alpha value is -2.90. The molecule has 2 N–H and O–H groups in total. The summed E-state index contributed by atoms with van der Waals surface area (Å²) in [5, 5.41) is 12.0. The van der Waals surface area contributed by atoms with Crippen LogP contribution in [0.25, 0.3) is 0 Å². The van der Waals surface area contributed by atoms with Crippen LogP contribution in [0.1, 0.15) is 30.6 Å². The van der Waals surface area contributed by atoms with Gasteiger partial charge in [0, 0.05) is 24.6 Å². The van der Waals surface area contributed by atoms with Gasteiger partial charge in [-0.3, -0.25) is 4.79 Å². The molecule has 28 heavy (non-hydrogen) atoms. The molecule has 1 unspecified atom stereocenters. The number of benzene rings is 2. The van der Waals surface area contributed by atoms with Crippen LogP contribution in [0.5, 0.6) is 11.5 Å². The largest absolute Gasteiger partial charge is 0.479 e. The molecule has 0 saturated heterocycles. The molecule has 2 aromatic carbocycles. The topological polar surface area (TPSA) is 94.1 Å². The lowest BCUT2D eigenvalue weighted by atomic mass is 10.1. The number of hydrogen-bond acceptors (Lipinski definition) is 5. The molecule has 2 rings (SSSR count). The number of rotatable bonds is 11. The summed E-state index contributed by atoms with van der Waals surface area (Å²) in [5.41, 5.74) is 0.453. The minimum atomic E-state index is -1.09. The summed E-state index contributed by atoms with van der Waals surface area (Å²) < 4.78 is 15.9. The molecular formula is C21H25NO6. The Morgan fingerprint density at radius 2 is 1.68 bits per heavy atom. The van der Waals surface area contributed by atoms with Crippen LogP contribution in [-0.2, 0) is 14.3 Å². The fraction of sp³-hybridized carbons (Fsp3) is 0.333. The molecule has 0 aromatic heterocycles. The summed E-state index contributed by atoms with van der Waals surface area (Å²) >= 11 is 0. The van der Waals surface area contributed by atoms with Gasteiger partial charge in [0.1, 0.15) is 18.3 Å². The zero-order chi connectivity index (χ0) is 20.4. The normalized spacial score (nSPS) is 12.8. The van der Waals surface area contributed by atoms with Crippen LogP contribution in [0, 0.1) is 0 Å². The third-order valence-electron chi connectivity index (χ3n) is 3.87. The summed E-state index contributed by atoms with van der Waals surface area (Å²) in [4.78, 5) is 23.6. The first kappa shape index (κ1) is 21.4. The highest BCUT2D eigenvalue weighted by Crippen LogP contribution is 2.21. The van der Waals surface area contributed by atoms with E-state index in [0.29, 0.717) is 23.7 Å². The van der Waals surface area contributed by atoms with Crippen molar-refractivity contribution in [3.63, 3.8) is 0 Å². The van der Waals surface area contributed by atoms with Crippen molar-refractivity contribution in [3.05, 3.63) is 60.2 Å². The molecule has 0 bridgehead atoms. The fourth-order valence-electron chi connectivity index (χ4n) is 2.44. The maximum absolute atomic E-state index is 12.4. The van der Waals surface area contributed by atoms with Crippen LogP contribution in [0.4, 0.5) is 0 Å². The van der Waals surface area contributed by atoms with Crippen LogP contribution in [0.15, 0.2) is 54.6 Å². The Morgan fingerprint density at radius 3 is 2.29 bits per heavy atom. The second-order valence-corrected chi connectivity index (χ2v) is 6.15. The van der Waals surface area contributed by atoms with E-state index in [9.17, 15) is 14.7 Å². The number of carbonyl (C=O) groups excluding carboxylic acids is 1. The summed E-state index contributed by atoms with van der Waals surface area (Å²) in [6.45, 7) is 3.85. The van der Waals surface area contributed by atoms with E-state index >= 15 is 0 Å². The molecule has 2 atom stereocenters. The van der Waals surface area contributed by atoms with E-state index in [1.807, 2.05) is 30.3 Å². The van der Waals surface area contributed by atoms with Crippen molar-refractivity contribution >= 4 is 11.9 Å². The molecule has 0 fully saturated rings. The Kier molecular flexibility index (Phi) is 8.45. The first-order valence-corrected chi connectivity index (χ1v) is 9.05. The molecule has 1 amide bonds. The van der Waals surface area contributed by atoms with Gasteiger partial charge in [-0.05, 0) is 50.2 Å². The number of nitrogens with one attached hydrogen (secondary N) is 1. The molecule has 0 aliphatic rings. The molecule has 7 nitrogen and oxygen atoms in total. The lowest BCUT2D eigenvalue weighted by Crippen LogP contribution is -2.38. The number of carbonyl (C=O) groups is 2. The Morgan fingerprint density at radius 1 is 1.04 bits per heavy atom. The molecule has 150 valence electrons. The van der Waals surface area contributed by atoms with Crippen molar-refractivity contribution in [2.75, 3.05) is 13.4 Å². The quantitative estimate of drug-likeness (QED) is 0.453. The lowest BCUT2D eigenvalue weighted by Gasteiger charge is -2.19. The summed E-state index contributed by atoms with van der Waals surface area (Å²) in [6, 6.07) is 15.7. The number of para-hydroxylation sites is 1. The molecule has 0 saturated carbocycles. The standard InChI is InChI=1S/C21H25NO6/c1-3-26-14-27-19(21(24)25)13-15(2)22-20(23)16-9-11-18(12-10-16)28-17-7-5-4-6-8-17/h4-12,15,19H,3,13-14H2,1-2H3,(H,22,23)(H,24,25)/t15-,19?/m0/s1. The van der Waals surface area contributed by atoms with Crippen molar-refractivity contribution < 1.29 is 28.9 Å². The molecule has 0 heterocycles. The number of amides is 1. The number of ether oxygens (including phenoxy) is 3. The van der Waals surface area contributed by atoms with Gasteiger partial charge >= 0.3 is 5.97 Å². The zero-order valence-electron chi connectivity index (χ0n) is 16.0. The number of carboxylic acid groups (broad SMARTS) is 1. The van der Waals surface area contributed by atoms with Gasteiger partial charge in [-0.25, -0.2) is 4.79 Å². The smallest absolute Gasteiger partial charge is 0.333 e. The molecule has 0 radical (unpaired) electrons. The SMILES string of the molecule is CCOCOC(C[C@H](C)NC(=O)c1ccc(Oc2ccccc2)cc1)C(=O)O. The molecule has 2 aromatic rings. The average molecular weight is 387 g/mol. The minimum Gasteiger partial charge on any atom is -0.479 e. The van der Waals surface area contributed by atoms with E-state index in [0.717, 1.165) is 0 Å². The highest BCUT2D eigenvalue weighted by Gasteiger charge is 2.22. The molecule has 0 spiro atoms. The first-order valence-electron chi connectivity index (χ1n) is 9.05. The van der Waals surface area contributed by atoms with E-state index in [2.05, 4.69) is 5.32 Å². The van der Waals surface area contributed by atoms with E-state index in [4.69, 9.17) is 14.2 Å². The highest BCUT2D eigenvalue weighted by molar-refractivity contribution is 5.94. The molecule has 0 aliphatic heterocycles. The van der Waals surface area contributed by atoms with Crippen LogP contribution in [-0.4, -0.2) is 42.5 Å². The van der Waals surface area contributed by atoms with Gasteiger partial charge in [0.15, 0.2) is 6.10 Å². The third kappa shape index (κ3) is 7.02. The fourth-order valence-corrected chi connectivity index (χ4v) is 2.44. The van der Waals surface area contributed by atoms with Gasteiger partial charge in [0.25, 0.3) is 5.91 Å². The summed E-state index contributed by atoms with van der Waals surface area (Å²) in [7, 11) is 0. The monoisotopic (exact) mass is 387 g/mol. The van der Waals surface area contributed by atoms with Gasteiger partial charge in [-0.2, -0.15) is 0 Å². The third-order valence-corrected chi connectivity index (χ3v) is 3.87. The maximum Gasteiger partial charge on any atom is 0.333 e. The Labute approximate surface area is 164 Å². The molecule has 0 aliphatic carbocycles.